The number of nitrogens with one attached hydrogen (secondary N) is 1. The zero-order valence-corrected chi connectivity index (χ0v) is 14.1. The van der Waals surface area contributed by atoms with Gasteiger partial charge in [0.15, 0.2) is 0 Å². The van der Waals surface area contributed by atoms with Gasteiger partial charge in [-0.15, -0.1) is 0 Å². The number of aryl methyl sites for hydroxylation is 2. The van der Waals surface area contributed by atoms with E-state index < -0.39 is 0 Å². The molecule has 0 aliphatic carbocycles. The van der Waals surface area contributed by atoms with Crippen LogP contribution in [0.2, 0.25) is 0 Å². The maximum Gasteiger partial charge on any atom is 0.255 e. The van der Waals surface area contributed by atoms with Crippen LogP contribution in [0.3, 0.4) is 0 Å². The number of methoxy groups -OCH3 is 1. The summed E-state index contributed by atoms with van der Waals surface area (Å²) in [6.07, 6.45) is 0. The summed E-state index contributed by atoms with van der Waals surface area (Å²) in [6.45, 7) is 5.72. The van der Waals surface area contributed by atoms with Gasteiger partial charge in [0.1, 0.15) is 17.3 Å². The third-order valence-corrected chi connectivity index (χ3v) is 3.79. The Morgan fingerprint density at radius 2 is 2.05 bits per heavy atom. The molecule has 5 heteroatoms. The Morgan fingerprint density at radius 3 is 2.62 bits per heavy atom. The third kappa shape index (κ3) is 3.47. The molecule has 0 saturated heterocycles. The Bertz CT molecular complexity index is 664. The highest BCUT2D eigenvalue weighted by Crippen LogP contribution is 2.25. The maximum atomic E-state index is 12.4. The molecule has 1 aromatic carbocycles. The first-order chi connectivity index (χ1) is 9.92. The lowest BCUT2D eigenvalue weighted by molar-refractivity contribution is 0.0936. The molecular weight excluding hydrogens is 334 g/mol. The van der Waals surface area contributed by atoms with E-state index >= 15 is 0 Å². The number of hydrogen-bond acceptors (Lipinski definition) is 3. The highest BCUT2D eigenvalue weighted by atomic mass is 79.9. The van der Waals surface area contributed by atoms with E-state index in [1.807, 2.05) is 32.9 Å². The zero-order chi connectivity index (χ0) is 15.6. The average Bonchev–Trinajstić information content (AvgIpc) is 2.77. The molecule has 1 N–H and O–H groups in total. The van der Waals surface area contributed by atoms with Crippen LogP contribution < -0.4 is 10.1 Å². The van der Waals surface area contributed by atoms with E-state index in [1.54, 1.807) is 19.2 Å². The van der Waals surface area contributed by atoms with Gasteiger partial charge in [-0.05, 0) is 45.0 Å². The second kappa shape index (κ2) is 6.35. The number of carbonyl (C=O) groups excluding carboxylic acids is 1. The maximum absolute atomic E-state index is 12.4. The van der Waals surface area contributed by atoms with Crippen molar-refractivity contribution in [3.8, 4) is 5.75 Å². The number of halogens is 1. The van der Waals surface area contributed by atoms with Crippen LogP contribution in [0, 0.1) is 13.8 Å². The normalized spacial score (nSPS) is 12.0. The molecule has 1 heterocycles. The summed E-state index contributed by atoms with van der Waals surface area (Å²) in [5.41, 5.74) is 1.49. The lowest BCUT2D eigenvalue weighted by atomic mass is 10.1. The second-order valence-electron chi connectivity index (χ2n) is 4.91. The SMILES string of the molecule is COc1cc(Br)ccc1C(=O)NC(C)c1cc(C)oc1C. The van der Waals surface area contributed by atoms with Crippen molar-refractivity contribution in [3.05, 3.63) is 51.4 Å². The number of furan rings is 1. The van der Waals surface area contributed by atoms with Crippen molar-refractivity contribution in [2.45, 2.75) is 26.8 Å². The molecular formula is C16H18BrNO3. The average molecular weight is 352 g/mol. The molecule has 112 valence electrons. The molecule has 0 spiro atoms. The van der Waals surface area contributed by atoms with Gasteiger partial charge in [0.05, 0.1) is 18.7 Å². The Labute approximate surface area is 132 Å². The van der Waals surface area contributed by atoms with Crippen LogP contribution >= 0.6 is 15.9 Å². The topological polar surface area (TPSA) is 51.5 Å². The molecule has 0 aliphatic heterocycles. The second-order valence-corrected chi connectivity index (χ2v) is 5.82. The van der Waals surface area contributed by atoms with Crippen molar-refractivity contribution in [1.82, 2.24) is 5.32 Å². The molecule has 0 radical (unpaired) electrons. The van der Waals surface area contributed by atoms with Crippen molar-refractivity contribution < 1.29 is 13.9 Å². The van der Waals surface area contributed by atoms with Crippen molar-refractivity contribution >= 4 is 21.8 Å². The number of ether oxygens (including phenoxy) is 1. The van der Waals surface area contributed by atoms with Gasteiger partial charge >= 0.3 is 0 Å². The van der Waals surface area contributed by atoms with Gasteiger partial charge in [-0.3, -0.25) is 4.79 Å². The molecule has 21 heavy (non-hydrogen) atoms. The number of carbonyl (C=O) groups is 1. The first kappa shape index (κ1) is 15.6. The molecule has 2 rings (SSSR count). The van der Waals surface area contributed by atoms with Crippen molar-refractivity contribution in [2.24, 2.45) is 0 Å². The van der Waals surface area contributed by atoms with Crippen LogP contribution in [-0.4, -0.2) is 13.0 Å². The van der Waals surface area contributed by atoms with Gasteiger partial charge in [0.25, 0.3) is 5.91 Å². The predicted octanol–water partition coefficient (Wildman–Crippen LogP) is 4.16. The summed E-state index contributed by atoms with van der Waals surface area (Å²) in [6, 6.07) is 7.13. The molecule has 1 amide bonds. The van der Waals surface area contributed by atoms with Gasteiger partial charge in [-0.2, -0.15) is 0 Å². The highest BCUT2D eigenvalue weighted by Gasteiger charge is 2.18. The minimum absolute atomic E-state index is 0.136. The number of amides is 1. The first-order valence-electron chi connectivity index (χ1n) is 6.63. The number of rotatable bonds is 4. The number of benzene rings is 1. The quantitative estimate of drug-likeness (QED) is 0.899. The van der Waals surface area contributed by atoms with E-state index in [-0.39, 0.29) is 11.9 Å². The lowest BCUT2D eigenvalue weighted by Crippen LogP contribution is -2.27. The predicted molar refractivity (Wildman–Crippen MR) is 84.8 cm³/mol. The van der Waals surface area contributed by atoms with Gasteiger partial charge in [-0.1, -0.05) is 15.9 Å². The summed E-state index contributed by atoms with van der Waals surface area (Å²) < 4.78 is 11.6. The minimum Gasteiger partial charge on any atom is -0.496 e. The van der Waals surface area contributed by atoms with E-state index in [2.05, 4.69) is 21.2 Å². The van der Waals surface area contributed by atoms with Crippen LogP contribution in [0.1, 0.15) is 40.4 Å². The van der Waals surface area contributed by atoms with Crippen LogP contribution in [0.15, 0.2) is 33.2 Å². The van der Waals surface area contributed by atoms with Crippen molar-refractivity contribution in [3.63, 3.8) is 0 Å². The third-order valence-electron chi connectivity index (χ3n) is 3.30. The van der Waals surface area contributed by atoms with Crippen LogP contribution in [0.25, 0.3) is 0 Å². The van der Waals surface area contributed by atoms with Crippen LogP contribution in [-0.2, 0) is 0 Å². The molecule has 0 aliphatic rings. The summed E-state index contributed by atoms with van der Waals surface area (Å²) in [7, 11) is 1.55. The molecule has 1 atom stereocenters. The van der Waals surface area contributed by atoms with E-state index in [0.717, 1.165) is 21.6 Å². The standard InChI is InChI=1S/C16H18BrNO3/c1-9-7-14(11(3)21-9)10(2)18-16(19)13-6-5-12(17)8-15(13)20-4/h5-8,10H,1-4H3,(H,18,19). The Hall–Kier alpha value is -1.75. The van der Waals surface area contributed by atoms with Crippen molar-refractivity contribution in [1.29, 1.82) is 0 Å². The Morgan fingerprint density at radius 1 is 1.33 bits per heavy atom. The van der Waals surface area contributed by atoms with Gasteiger partial charge in [0, 0.05) is 10.0 Å². The van der Waals surface area contributed by atoms with E-state index in [9.17, 15) is 4.79 Å². The van der Waals surface area contributed by atoms with E-state index in [0.29, 0.717) is 11.3 Å². The number of hydrogen-bond donors (Lipinski definition) is 1. The first-order valence-corrected chi connectivity index (χ1v) is 7.43. The highest BCUT2D eigenvalue weighted by molar-refractivity contribution is 9.10. The van der Waals surface area contributed by atoms with E-state index in [4.69, 9.17) is 9.15 Å². The van der Waals surface area contributed by atoms with E-state index in [1.165, 1.54) is 0 Å². The molecule has 1 aromatic heterocycles. The fourth-order valence-electron chi connectivity index (χ4n) is 2.29. The zero-order valence-electron chi connectivity index (χ0n) is 12.5. The minimum atomic E-state index is -0.176. The Balaban J connectivity index is 2.20. The summed E-state index contributed by atoms with van der Waals surface area (Å²) >= 11 is 3.36. The summed E-state index contributed by atoms with van der Waals surface area (Å²) in [5, 5.41) is 2.97. The molecule has 1 unspecified atom stereocenters. The fourth-order valence-corrected chi connectivity index (χ4v) is 2.63. The van der Waals surface area contributed by atoms with Gasteiger partial charge in [-0.25, -0.2) is 0 Å². The molecule has 0 saturated carbocycles. The smallest absolute Gasteiger partial charge is 0.255 e. The molecule has 0 fully saturated rings. The van der Waals surface area contributed by atoms with Crippen molar-refractivity contribution in [2.75, 3.05) is 7.11 Å². The lowest BCUT2D eigenvalue weighted by Gasteiger charge is -2.15. The van der Waals surface area contributed by atoms with Gasteiger partial charge < -0.3 is 14.5 Å². The van der Waals surface area contributed by atoms with Gasteiger partial charge in [0.2, 0.25) is 0 Å². The largest absolute Gasteiger partial charge is 0.496 e. The molecule has 2 aromatic rings. The van der Waals surface area contributed by atoms with Crippen LogP contribution in [0.4, 0.5) is 0 Å². The summed E-state index contributed by atoms with van der Waals surface area (Å²) in [4.78, 5) is 12.4. The molecule has 4 nitrogen and oxygen atoms in total. The summed E-state index contributed by atoms with van der Waals surface area (Å²) in [5.74, 6) is 2.02. The molecule has 0 bridgehead atoms. The fraction of sp³-hybridized carbons (Fsp3) is 0.312. The monoisotopic (exact) mass is 351 g/mol. The van der Waals surface area contributed by atoms with Crippen LogP contribution in [0.5, 0.6) is 5.75 Å². The Kier molecular flexibility index (Phi) is 4.73.